The first-order chi connectivity index (χ1) is 10.5. The van der Waals surface area contributed by atoms with Crippen LogP contribution in [0.2, 0.25) is 5.02 Å². The lowest BCUT2D eigenvalue weighted by Crippen LogP contribution is -2.34. The summed E-state index contributed by atoms with van der Waals surface area (Å²) in [5.74, 6) is 1.22. The van der Waals surface area contributed by atoms with E-state index in [9.17, 15) is 4.79 Å². The summed E-state index contributed by atoms with van der Waals surface area (Å²) < 4.78 is 10.7. The highest BCUT2D eigenvalue weighted by Gasteiger charge is 2.31. The van der Waals surface area contributed by atoms with Crippen LogP contribution in [0.4, 0.5) is 5.69 Å². The molecule has 1 N–H and O–H groups in total. The highest BCUT2D eigenvalue weighted by Crippen LogP contribution is 2.37. The number of carbonyl (C=O) groups excluding carboxylic acids is 1. The molecule has 1 aliphatic rings. The monoisotopic (exact) mass is 317 g/mol. The third-order valence-corrected chi connectivity index (χ3v) is 4.11. The van der Waals surface area contributed by atoms with Gasteiger partial charge in [-0.05, 0) is 43.7 Å². The lowest BCUT2D eigenvalue weighted by molar-refractivity contribution is -0.120. The van der Waals surface area contributed by atoms with Crippen molar-refractivity contribution in [3.63, 3.8) is 0 Å². The molecule has 0 aliphatic carbocycles. The Morgan fingerprint density at radius 2 is 1.86 bits per heavy atom. The number of para-hydroxylation sites is 1. The number of carbonyl (C=O) groups is 1. The molecule has 1 aliphatic heterocycles. The minimum absolute atomic E-state index is 0.139. The fourth-order valence-corrected chi connectivity index (χ4v) is 2.44. The Bertz CT molecular complexity index is 728. The maximum Gasteiger partial charge on any atom is 0.234 e. The lowest BCUT2D eigenvalue weighted by atomic mass is 9.83. The molecule has 0 unspecified atom stereocenters. The molecule has 0 radical (unpaired) electrons. The molecule has 4 nitrogen and oxygen atoms in total. The predicted molar refractivity (Wildman–Crippen MR) is 85.7 cm³/mol. The van der Waals surface area contributed by atoms with Gasteiger partial charge in [0.25, 0.3) is 0 Å². The second-order valence-electron chi connectivity index (χ2n) is 5.63. The molecule has 114 valence electrons. The standard InChI is InChI=1S/C17H16ClNO3/c1-17(2,11-7-8-14-15(9-11)22-10-21-14)16(20)19-13-6-4-3-5-12(13)18/h3-9H,10H2,1-2H3,(H,19,20). The summed E-state index contributed by atoms with van der Waals surface area (Å²) in [5.41, 5.74) is 0.712. The van der Waals surface area contributed by atoms with E-state index in [2.05, 4.69) is 5.32 Å². The number of hydrogen-bond donors (Lipinski definition) is 1. The molecule has 1 amide bonds. The van der Waals surface area contributed by atoms with Gasteiger partial charge in [-0.3, -0.25) is 4.79 Å². The van der Waals surface area contributed by atoms with Crippen molar-refractivity contribution in [3.05, 3.63) is 53.1 Å². The average Bonchev–Trinajstić information content (AvgIpc) is 2.97. The topological polar surface area (TPSA) is 47.6 Å². The summed E-state index contributed by atoms with van der Waals surface area (Å²) in [6.45, 7) is 3.93. The molecule has 0 fully saturated rings. The second-order valence-corrected chi connectivity index (χ2v) is 6.03. The number of rotatable bonds is 3. The van der Waals surface area contributed by atoms with Crippen LogP contribution in [0.15, 0.2) is 42.5 Å². The summed E-state index contributed by atoms with van der Waals surface area (Å²) in [5, 5.41) is 3.39. The van der Waals surface area contributed by atoms with Gasteiger partial charge in [0.1, 0.15) is 0 Å². The first-order valence-electron chi connectivity index (χ1n) is 6.94. The fraction of sp³-hybridized carbons (Fsp3) is 0.235. The summed E-state index contributed by atoms with van der Waals surface area (Å²) in [4.78, 5) is 12.6. The Hall–Kier alpha value is -2.20. The number of ether oxygens (including phenoxy) is 2. The van der Waals surface area contributed by atoms with E-state index in [0.717, 1.165) is 5.56 Å². The van der Waals surface area contributed by atoms with Crippen LogP contribution in [0, 0.1) is 0 Å². The van der Waals surface area contributed by atoms with Crippen molar-refractivity contribution >= 4 is 23.2 Å². The molecule has 0 bridgehead atoms. The smallest absolute Gasteiger partial charge is 0.234 e. The van der Waals surface area contributed by atoms with E-state index in [1.54, 1.807) is 12.1 Å². The van der Waals surface area contributed by atoms with Gasteiger partial charge < -0.3 is 14.8 Å². The van der Waals surface area contributed by atoms with Gasteiger partial charge in [-0.2, -0.15) is 0 Å². The largest absolute Gasteiger partial charge is 0.454 e. The normalized spacial score (nSPS) is 13.0. The van der Waals surface area contributed by atoms with E-state index in [4.69, 9.17) is 21.1 Å². The molecule has 0 saturated heterocycles. The van der Waals surface area contributed by atoms with Crippen molar-refractivity contribution in [2.75, 3.05) is 12.1 Å². The molecular formula is C17H16ClNO3. The Kier molecular flexibility index (Phi) is 3.71. The summed E-state index contributed by atoms with van der Waals surface area (Å²) >= 11 is 6.09. The quantitative estimate of drug-likeness (QED) is 0.931. The van der Waals surface area contributed by atoms with Crippen molar-refractivity contribution < 1.29 is 14.3 Å². The molecule has 2 aromatic rings. The molecule has 2 aromatic carbocycles. The number of anilines is 1. The molecule has 0 saturated carbocycles. The van der Waals surface area contributed by atoms with E-state index < -0.39 is 5.41 Å². The Balaban J connectivity index is 1.86. The minimum Gasteiger partial charge on any atom is -0.454 e. The molecular weight excluding hydrogens is 302 g/mol. The summed E-state index contributed by atoms with van der Waals surface area (Å²) in [6, 6.07) is 12.7. The van der Waals surface area contributed by atoms with Gasteiger partial charge in [0.05, 0.1) is 16.1 Å². The number of fused-ring (bicyclic) bond motifs is 1. The van der Waals surface area contributed by atoms with Crippen LogP contribution in [0.5, 0.6) is 11.5 Å². The maximum atomic E-state index is 12.6. The minimum atomic E-state index is -0.736. The molecule has 0 atom stereocenters. The van der Waals surface area contributed by atoms with Crippen LogP contribution in [0.3, 0.4) is 0 Å². The number of benzene rings is 2. The zero-order valence-electron chi connectivity index (χ0n) is 12.4. The van der Waals surface area contributed by atoms with Crippen molar-refractivity contribution in [2.45, 2.75) is 19.3 Å². The second kappa shape index (κ2) is 5.54. The van der Waals surface area contributed by atoms with Gasteiger partial charge in [0.15, 0.2) is 11.5 Å². The first kappa shape index (κ1) is 14.7. The molecule has 0 aromatic heterocycles. The number of nitrogens with one attached hydrogen (secondary N) is 1. The molecule has 1 heterocycles. The maximum absolute atomic E-state index is 12.6. The zero-order chi connectivity index (χ0) is 15.7. The highest BCUT2D eigenvalue weighted by atomic mass is 35.5. The third kappa shape index (κ3) is 2.62. The predicted octanol–water partition coefficient (Wildman–Crippen LogP) is 3.99. The zero-order valence-corrected chi connectivity index (χ0v) is 13.1. The van der Waals surface area contributed by atoms with E-state index >= 15 is 0 Å². The number of hydrogen-bond acceptors (Lipinski definition) is 3. The molecule has 22 heavy (non-hydrogen) atoms. The molecule has 0 spiro atoms. The molecule has 5 heteroatoms. The Morgan fingerprint density at radius 3 is 2.64 bits per heavy atom. The van der Waals surface area contributed by atoms with Crippen molar-refractivity contribution in [1.29, 1.82) is 0 Å². The van der Waals surface area contributed by atoms with Crippen molar-refractivity contribution in [1.82, 2.24) is 0 Å². The summed E-state index contributed by atoms with van der Waals surface area (Å²) in [6.07, 6.45) is 0. The average molecular weight is 318 g/mol. The highest BCUT2D eigenvalue weighted by molar-refractivity contribution is 6.33. The van der Waals surface area contributed by atoms with Gasteiger partial charge in [0, 0.05) is 0 Å². The third-order valence-electron chi connectivity index (χ3n) is 3.78. The Morgan fingerprint density at radius 1 is 1.14 bits per heavy atom. The van der Waals surface area contributed by atoms with Crippen LogP contribution < -0.4 is 14.8 Å². The van der Waals surface area contributed by atoms with Gasteiger partial charge in [-0.1, -0.05) is 29.8 Å². The van der Waals surface area contributed by atoms with Crippen molar-refractivity contribution in [2.24, 2.45) is 0 Å². The SMILES string of the molecule is CC(C)(C(=O)Nc1ccccc1Cl)c1ccc2c(c1)OCO2. The van der Waals surface area contributed by atoms with Crippen LogP contribution in [-0.2, 0) is 10.2 Å². The van der Waals surface area contributed by atoms with Crippen LogP contribution in [0.1, 0.15) is 19.4 Å². The first-order valence-corrected chi connectivity index (χ1v) is 7.32. The molecule has 3 rings (SSSR count). The Labute approximate surface area is 134 Å². The van der Waals surface area contributed by atoms with Crippen LogP contribution in [-0.4, -0.2) is 12.7 Å². The van der Waals surface area contributed by atoms with Crippen LogP contribution in [0.25, 0.3) is 0 Å². The van der Waals surface area contributed by atoms with E-state index in [1.807, 2.05) is 44.2 Å². The van der Waals surface area contributed by atoms with Crippen LogP contribution >= 0.6 is 11.6 Å². The van der Waals surface area contributed by atoms with Gasteiger partial charge in [0.2, 0.25) is 12.7 Å². The van der Waals surface area contributed by atoms with E-state index in [-0.39, 0.29) is 12.7 Å². The lowest BCUT2D eigenvalue weighted by Gasteiger charge is -2.24. The van der Waals surface area contributed by atoms with E-state index in [1.165, 1.54) is 0 Å². The number of amides is 1. The van der Waals surface area contributed by atoms with E-state index in [0.29, 0.717) is 22.2 Å². The number of halogens is 1. The van der Waals surface area contributed by atoms with Gasteiger partial charge in [-0.25, -0.2) is 0 Å². The fourth-order valence-electron chi connectivity index (χ4n) is 2.26. The van der Waals surface area contributed by atoms with Gasteiger partial charge in [-0.15, -0.1) is 0 Å². The summed E-state index contributed by atoms with van der Waals surface area (Å²) in [7, 11) is 0. The van der Waals surface area contributed by atoms with Gasteiger partial charge >= 0.3 is 0 Å². The van der Waals surface area contributed by atoms with Crippen molar-refractivity contribution in [3.8, 4) is 11.5 Å².